The summed E-state index contributed by atoms with van der Waals surface area (Å²) < 4.78 is 44.4. The zero-order valence-corrected chi connectivity index (χ0v) is 16.5. The Balaban J connectivity index is 1.57. The van der Waals surface area contributed by atoms with Crippen molar-refractivity contribution in [1.82, 2.24) is 0 Å². The van der Waals surface area contributed by atoms with Gasteiger partial charge in [0.15, 0.2) is 5.79 Å². The number of hydrogen-bond donors (Lipinski definition) is 1. The van der Waals surface area contributed by atoms with E-state index in [1.54, 1.807) is 32.0 Å². The molecule has 1 N–H and O–H groups in total. The lowest BCUT2D eigenvalue weighted by molar-refractivity contribution is -0.141. The van der Waals surface area contributed by atoms with Crippen molar-refractivity contribution in [1.29, 1.82) is 0 Å². The molecule has 0 spiro atoms. The van der Waals surface area contributed by atoms with E-state index < -0.39 is 18.2 Å². The quantitative estimate of drug-likeness (QED) is 0.747. The summed E-state index contributed by atoms with van der Waals surface area (Å²) in [6.45, 7) is 4.15. The third-order valence-corrected chi connectivity index (χ3v) is 5.03. The first-order chi connectivity index (χ1) is 14.2. The van der Waals surface area contributed by atoms with Gasteiger partial charge in [0, 0.05) is 17.5 Å². The van der Waals surface area contributed by atoms with Crippen molar-refractivity contribution in [2.75, 3.05) is 13.2 Å². The van der Waals surface area contributed by atoms with Crippen molar-refractivity contribution in [2.24, 2.45) is 4.99 Å². The van der Waals surface area contributed by atoms with Gasteiger partial charge in [0.1, 0.15) is 18.5 Å². The zero-order valence-electron chi connectivity index (χ0n) is 16.5. The molecule has 4 rings (SSSR count). The maximum Gasteiger partial charge on any atom is 0.337 e. The number of para-hydroxylation sites is 1. The topological polar surface area (TPSA) is 77.4 Å². The molecule has 2 heterocycles. The number of nitrogens with zero attached hydrogens (tertiary/aromatic N) is 1. The van der Waals surface area contributed by atoms with Gasteiger partial charge in [0.05, 0.1) is 23.6 Å². The van der Waals surface area contributed by atoms with E-state index in [1.165, 1.54) is 18.2 Å². The summed E-state index contributed by atoms with van der Waals surface area (Å²) in [5, 5.41) is 9.34. The average molecular weight is 417 g/mol. The molecule has 2 aliphatic heterocycles. The van der Waals surface area contributed by atoms with Gasteiger partial charge in [-0.3, -0.25) is 4.99 Å². The number of halogens is 2. The minimum atomic E-state index is -2.74. The van der Waals surface area contributed by atoms with Gasteiger partial charge in [0.25, 0.3) is 6.43 Å². The molecule has 6 nitrogen and oxygen atoms in total. The summed E-state index contributed by atoms with van der Waals surface area (Å²) in [4.78, 5) is 15.8. The highest BCUT2D eigenvalue weighted by Gasteiger charge is 2.33. The molecule has 0 saturated carbocycles. The van der Waals surface area contributed by atoms with Gasteiger partial charge in [-0.15, -0.1) is 0 Å². The second-order valence-electron chi connectivity index (χ2n) is 7.67. The Hall–Kier alpha value is -2.84. The van der Waals surface area contributed by atoms with E-state index in [0.717, 1.165) is 0 Å². The van der Waals surface area contributed by atoms with Crippen LogP contribution in [0.4, 0.5) is 14.5 Å². The fourth-order valence-corrected chi connectivity index (χ4v) is 3.66. The molecule has 8 heteroatoms. The molecule has 2 aromatic rings. The summed E-state index contributed by atoms with van der Waals surface area (Å²) in [7, 11) is 0. The first-order valence-corrected chi connectivity index (χ1v) is 9.53. The summed E-state index contributed by atoms with van der Waals surface area (Å²) in [6, 6.07) is 9.27. The maximum atomic E-state index is 13.8. The Morgan fingerprint density at radius 2 is 2.13 bits per heavy atom. The fourth-order valence-electron chi connectivity index (χ4n) is 3.66. The van der Waals surface area contributed by atoms with Crippen LogP contribution in [0.1, 0.15) is 47.3 Å². The molecule has 0 unspecified atom stereocenters. The fraction of sp³-hybridized carbons (Fsp3) is 0.364. The molecule has 2 aromatic carbocycles. The number of hydrogen-bond acceptors (Lipinski definition) is 5. The number of rotatable bonds is 6. The number of aromatic carboxylic acids is 1. The number of aliphatic imine (C=N–C) groups is 1. The first kappa shape index (κ1) is 20.4. The minimum Gasteiger partial charge on any atom is -0.491 e. The number of alkyl halides is 2. The molecule has 1 saturated heterocycles. The molecule has 2 aliphatic rings. The van der Waals surface area contributed by atoms with E-state index in [4.69, 9.17) is 14.2 Å². The summed E-state index contributed by atoms with van der Waals surface area (Å²) in [5.74, 6) is -1.49. The molecule has 158 valence electrons. The van der Waals surface area contributed by atoms with Crippen LogP contribution in [-0.4, -0.2) is 41.9 Å². The van der Waals surface area contributed by atoms with Crippen molar-refractivity contribution < 1.29 is 32.9 Å². The molecule has 0 radical (unpaired) electrons. The highest BCUT2D eigenvalue weighted by atomic mass is 19.3. The highest BCUT2D eigenvalue weighted by molar-refractivity contribution is 6.10. The van der Waals surface area contributed by atoms with E-state index >= 15 is 0 Å². The van der Waals surface area contributed by atoms with Gasteiger partial charge >= 0.3 is 5.97 Å². The number of carboxylic acid groups (broad SMARTS) is 1. The molecular weight excluding hydrogens is 396 g/mol. The Morgan fingerprint density at radius 1 is 1.33 bits per heavy atom. The number of carboxylic acids is 1. The van der Waals surface area contributed by atoms with E-state index in [-0.39, 0.29) is 29.4 Å². The van der Waals surface area contributed by atoms with E-state index in [2.05, 4.69) is 4.99 Å². The molecule has 30 heavy (non-hydrogen) atoms. The van der Waals surface area contributed by atoms with Gasteiger partial charge in [-0.05, 0) is 43.7 Å². The van der Waals surface area contributed by atoms with Crippen LogP contribution in [-0.2, 0) is 15.9 Å². The minimum absolute atomic E-state index is 0.0581. The molecule has 0 bridgehead atoms. The van der Waals surface area contributed by atoms with Crippen molar-refractivity contribution in [3.8, 4) is 5.75 Å². The van der Waals surface area contributed by atoms with Crippen molar-refractivity contribution in [3.05, 3.63) is 58.7 Å². The summed E-state index contributed by atoms with van der Waals surface area (Å²) >= 11 is 0. The summed E-state index contributed by atoms with van der Waals surface area (Å²) in [5.41, 5.74) is 1.57. The normalized spacial score (nSPS) is 19.6. The van der Waals surface area contributed by atoms with Crippen molar-refractivity contribution >= 4 is 17.4 Å². The van der Waals surface area contributed by atoms with Gasteiger partial charge in [0.2, 0.25) is 0 Å². The van der Waals surface area contributed by atoms with Crippen molar-refractivity contribution in [3.63, 3.8) is 0 Å². The number of carbonyl (C=O) groups is 1. The van der Waals surface area contributed by atoms with Crippen LogP contribution in [0.15, 0.2) is 41.4 Å². The lowest BCUT2D eigenvalue weighted by Gasteiger charge is -2.18. The zero-order chi connectivity index (χ0) is 21.5. The SMILES string of the molecule is CC1(C)OC[C@H](COc2ccc(C3=Nc4c(cccc4C(=O)O)C3)c(C(F)F)c2)O1. The monoisotopic (exact) mass is 417 g/mol. The number of fused-ring (bicyclic) bond motifs is 1. The van der Waals surface area contributed by atoms with Crippen molar-refractivity contribution in [2.45, 2.75) is 38.6 Å². The third kappa shape index (κ3) is 4.06. The van der Waals surface area contributed by atoms with Gasteiger partial charge in [-0.25, -0.2) is 13.6 Å². The lowest BCUT2D eigenvalue weighted by atomic mass is 9.98. The molecule has 0 aromatic heterocycles. The number of ether oxygens (including phenoxy) is 3. The van der Waals surface area contributed by atoms with Crippen LogP contribution < -0.4 is 4.74 Å². The van der Waals surface area contributed by atoms with Gasteiger partial charge in [-0.2, -0.15) is 0 Å². The Morgan fingerprint density at radius 3 is 2.80 bits per heavy atom. The Kier molecular flexibility index (Phi) is 5.29. The highest BCUT2D eigenvalue weighted by Crippen LogP contribution is 2.36. The Bertz CT molecular complexity index is 1020. The molecule has 0 amide bonds. The van der Waals surface area contributed by atoms with Gasteiger partial charge < -0.3 is 19.3 Å². The van der Waals surface area contributed by atoms with Crippen LogP contribution >= 0.6 is 0 Å². The first-order valence-electron chi connectivity index (χ1n) is 9.53. The predicted molar refractivity (Wildman–Crippen MR) is 105 cm³/mol. The third-order valence-electron chi connectivity index (χ3n) is 5.03. The lowest BCUT2D eigenvalue weighted by Crippen LogP contribution is -2.25. The summed E-state index contributed by atoms with van der Waals surface area (Å²) in [6.07, 6.45) is -2.73. The largest absolute Gasteiger partial charge is 0.491 e. The molecule has 0 aliphatic carbocycles. The van der Waals surface area contributed by atoms with Crippen LogP contribution in [0.3, 0.4) is 0 Å². The van der Waals surface area contributed by atoms with Crippen LogP contribution in [0, 0.1) is 0 Å². The molecule has 1 fully saturated rings. The van der Waals surface area contributed by atoms with Crippen LogP contribution in [0.5, 0.6) is 5.75 Å². The second-order valence-corrected chi connectivity index (χ2v) is 7.67. The van der Waals surface area contributed by atoms with Crippen LogP contribution in [0.2, 0.25) is 0 Å². The van der Waals surface area contributed by atoms with E-state index in [0.29, 0.717) is 35.7 Å². The Labute approximate surface area is 172 Å². The smallest absolute Gasteiger partial charge is 0.337 e. The standard InChI is InChI=1S/C22H21F2NO5/c1-22(2)29-11-14(30-22)10-28-13-6-7-15(17(9-13)20(23)24)18-8-12-4-3-5-16(21(26)27)19(12)25-18/h3-7,9,14,20H,8,10-11H2,1-2H3,(H,26,27)/t14-/m0/s1. The van der Waals surface area contributed by atoms with E-state index in [9.17, 15) is 18.7 Å². The van der Waals surface area contributed by atoms with E-state index in [1.807, 2.05) is 0 Å². The predicted octanol–water partition coefficient (Wildman–Crippen LogP) is 4.53. The average Bonchev–Trinajstić information content (AvgIpc) is 3.28. The molecule has 1 atom stereocenters. The molecular formula is C22H21F2NO5. The van der Waals surface area contributed by atoms with Crippen LogP contribution in [0.25, 0.3) is 0 Å². The maximum absolute atomic E-state index is 13.8. The number of benzene rings is 2. The second kappa shape index (κ2) is 7.77. The van der Waals surface area contributed by atoms with Gasteiger partial charge in [-0.1, -0.05) is 12.1 Å².